The van der Waals surface area contributed by atoms with Crippen LogP contribution in [0.4, 0.5) is 5.69 Å². The van der Waals surface area contributed by atoms with E-state index in [-0.39, 0.29) is 5.91 Å². The van der Waals surface area contributed by atoms with E-state index >= 15 is 0 Å². The van der Waals surface area contributed by atoms with Gasteiger partial charge in [0.05, 0.1) is 0 Å². The Bertz CT molecular complexity index is 482. The molecule has 82 valence electrons. The number of amides is 1. The first-order valence-corrected chi connectivity index (χ1v) is 5.29. The lowest BCUT2D eigenvalue weighted by atomic mass is 10.1. The van der Waals surface area contributed by atoms with Crippen LogP contribution >= 0.6 is 0 Å². The summed E-state index contributed by atoms with van der Waals surface area (Å²) in [5.74, 6) is 5.86. The van der Waals surface area contributed by atoms with Gasteiger partial charge in [-0.05, 0) is 24.6 Å². The molecule has 0 fully saturated rings. The van der Waals surface area contributed by atoms with E-state index in [4.69, 9.17) is 5.73 Å². The highest BCUT2D eigenvalue weighted by atomic mass is 16.2. The lowest BCUT2D eigenvalue weighted by molar-refractivity contribution is 0.0782. The monoisotopic (exact) mass is 214 g/mol. The number of carbonyl (C=O) groups is 1. The zero-order chi connectivity index (χ0) is 11.5. The van der Waals surface area contributed by atoms with Crippen molar-refractivity contribution in [1.82, 2.24) is 4.90 Å². The second-order valence-corrected chi connectivity index (χ2v) is 3.82. The van der Waals surface area contributed by atoms with Crippen LogP contribution < -0.4 is 5.73 Å². The van der Waals surface area contributed by atoms with Crippen LogP contribution in [0.5, 0.6) is 0 Å². The fraction of sp³-hybridized carbons (Fsp3) is 0.308. The molecule has 3 heteroatoms. The SMILES string of the molecule is CC#CCCN1Cc2ccc(N)cc2C1=O. The Hall–Kier alpha value is -1.95. The average Bonchev–Trinajstić information content (AvgIpc) is 2.57. The maximum atomic E-state index is 12.0. The number of nitrogens with two attached hydrogens (primary N) is 1. The van der Waals surface area contributed by atoms with Crippen LogP contribution in [0.2, 0.25) is 0 Å². The Morgan fingerprint density at radius 2 is 2.31 bits per heavy atom. The van der Waals surface area contributed by atoms with Crippen molar-refractivity contribution in [2.45, 2.75) is 19.9 Å². The van der Waals surface area contributed by atoms with Crippen LogP contribution in [0.25, 0.3) is 0 Å². The molecule has 3 nitrogen and oxygen atoms in total. The molecule has 0 unspecified atom stereocenters. The van der Waals surface area contributed by atoms with Crippen molar-refractivity contribution in [2.24, 2.45) is 0 Å². The molecule has 0 spiro atoms. The topological polar surface area (TPSA) is 46.3 Å². The van der Waals surface area contributed by atoms with Gasteiger partial charge < -0.3 is 10.6 Å². The minimum Gasteiger partial charge on any atom is -0.399 e. The van der Waals surface area contributed by atoms with Crippen LogP contribution in [0.1, 0.15) is 29.3 Å². The van der Waals surface area contributed by atoms with Crippen LogP contribution in [0.3, 0.4) is 0 Å². The second kappa shape index (κ2) is 4.28. The van der Waals surface area contributed by atoms with Crippen LogP contribution in [0, 0.1) is 11.8 Å². The molecule has 0 saturated heterocycles. The molecule has 0 aliphatic carbocycles. The van der Waals surface area contributed by atoms with Crippen molar-refractivity contribution >= 4 is 11.6 Å². The Morgan fingerprint density at radius 3 is 3.06 bits per heavy atom. The molecule has 0 bridgehead atoms. The highest BCUT2D eigenvalue weighted by molar-refractivity contribution is 5.99. The van der Waals surface area contributed by atoms with E-state index in [2.05, 4.69) is 11.8 Å². The smallest absolute Gasteiger partial charge is 0.254 e. The van der Waals surface area contributed by atoms with Crippen molar-refractivity contribution in [1.29, 1.82) is 0 Å². The Balaban J connectivity index is 2.14. The average molecular weight is 214 g/mol. The lowest BCUT2D eigenvalue weighted by Crippen LogP contribution is -2.24. The summed E-state index contributed by atoms with van der Waals surface area (Å²) < 4.78 is 0. The summed E-state index contributed by atoms with van der Waals surface area (Å²) in [6.07, 6.45) is 0.728. The Morgan fingerprint density at radius 1 is 1.50 bits per heavy atom. The van der Waals surface area contributed by atoms with Gasteiger partial charge in [0.2, 0.25) is 0 Å². The Kier molecular flexibility index (Phi) is 2.82. The number of carbonyl (C=O) groups excluding carboxylic acids is 1. The van der Waals surface area contributed by atoms with Gasteiger partial charge >= 0.3 is 0 Å². The maximum absolute atomic E-state index is 12.0. The molecule has 1 heterocycles. The number of nitrogens with zero attached hydrogens (tertiary/aromatic N) is 1. The van der Waals surface area contributed by atoms with E-state index in [1.54, 1.807) is 13.0 Å². The van der Waals surface area contributed by atoms with Gasteiger partial charge in [0, 0.05) is 30.8 Å². The summed E-state index contributed by atoms with van der Waals surface area (Å²) in [5, 5.41) is 0. The van der Waals surface area contributed by atoms with Gasteiger partial charge in [0.1, 0.15) is 0 Å². The van der Waals surface area contributed by atoms with Crippen molar-refractivity contribution in [2.75, 3.05) is 12.3 Å². The Labute approximate surface area is 95.2 Å². The third kappa shape index (κ3) is 1.87. The van der Waals surface area contributed by atoms with Gasteiger partial charge in [-0.1, -0.05) is 6.07 Å². The first kappa shape index (κ1) is 10.6. The first-order chi connectivity index (χ1) is 7.72. The standard InChI is InChI=1S/C13H14N2O/c1-2-3-4-7-15-9-10-5-6-11(14)8-12(10)13(15)16/h5-6,8H,4,7,9,14H2,1H3. The predicted molar refractivity (Wildman–Crippen MR) is 63.7 cm³/mol. The summed E-state index contributed by atoms with van der Waals surface area (Å²) in [4.78, 5) is 13.8. The van der Waals surface area contributed by atoms with Gasteiger partial charge in [0.15, 0.2) is 0 Å². The fourth-order valence-corrected chi connectivity index (χ4v) is 1.88. The molecule has 1 aliphatic heterocycles. The molecule has 16 heavy (non-hydrogen) atoms. The molecule has 1 aliphatic rings. The van der Waals surface area contributed by atoms with E-state index in [9.17, 15) is 4.79 Å². The zero-order valence-electron chi connectivity index (χ0n) is 9.29. The largest absolute Gasteiger partial charge is 0.399 e. The molecule has 1 amide bonds. The van der Waals surface area contributed by atoms with E-state index < -0.39 is 0 Å². The molecule has 0 radical (unpaired) electrons. The summed E-state index contributed by atoms with van der Waals surface area (Å²) in [6.45, 7) is 3.18. The number of benzene rings is 1. The quantitative estimate of drug-likeness (QED) is 0.601. The van der Waals surface area contributed by atoms with E-state index in [0.717, 1.165) is 17.5 Å². The van der Waals surface area contributed by atoms with Crippen molar-refractivity contribution in [3.05, 3.63) is 29.3 Å². The third-order valence-electron chi connectivity index (χ3n) is 2.70. The molecule has 0 atom stereocenters. The molecule has 0 aromatic heterocycles. The molecule has 2 N–H and O–H groups in total. The van der Waals surface area contributed by atoms with Crippen LogP contribution in [-0.4, -0.2) is 17.4 Å². The molecule has 1 aromatic carbocycles. The molecular weight excluding hydrogens is 200 g/mol. The van der Waals surface area contributed by atoms with Gasteiger partial charge in [-0.2, -0.15) is 0 Å². The second-order valence-electron chi connectivity index (χ2n) is 3.82. The highest BCUT2D eigenvalue weighted by Crippen LogP contribution is 2.24. The number of hydrogen-bond donors (Lipinski definition) is 1. The molecule has 2 rings (SSSR count). The number of hydrogen-bond acceptors (Lipinski definition) is 2. The minimum atomic E-state index is 0.0696. The molecular formula is C13H14N2O. The molecule has 1 aromatic rings. The number of rotatable bonds is 2. The maximum Gasteiger partial charge on any atom is 0.254 e. The van der Waals surface area contributed by atoms with Crippen molar-refractivity contribution < 1.29 is 4.79 Å². The van der Waals surface area contributed by atoms with E-state index in [1.807, 2.05) is 17.0 Å². The molecule has 0 saturated carbocycles. The van der Waals surface area contributed by atoms with Gasteiger partial charge in [0.25, 0.3) is 5.91 Å². The summed E-state index contributed by atoms with van der Waals surface area (Å²) in [7, 11) is 0. The van der Waals surface area contributed by atoms with Crippen molar-refractivity contribution in [3.8, 4) is 11.8 Å². The van der Waals surface area contributed by atoms with Gasteiger partial charge in [-0.3, -0.25) is 4.79 Å². The van der Waals surface area contributed by atoms with Gasteiger partial charge in [-0.15, -0.1) is 11.8 Å². The van der Waals surface area contributed by atoms with Crippen LogP contribution in [0.15, 0.2) is 18.2 Å². The van der Waals surface area contributed by atoms with Crippen molar-refractivity contribution in [3.63, 3.8) is 0 Å². The summed E-state index contributed by atoms with van der Waals surface area (Å²) in [6, 6.07) is 5.51. The highest BCUT2D eigenvalue weighted by Gasteiger charge is 2.26. The summed E-state index contributed by atoms with van der Waals surface area (Å²) in [5.41, 5.74) is 8.11. The number of anilines is 1. The zero-order valence-corrected chi connectivity index (χ0v) is 9.29. The first-order valence-electron chi connectivity index (χ1n) is 5.29. The third-order valence-corrected chi connectivity index (χ3v) is 2.70. The van der Waals surface area contributed by atoms with E-state index in [0.29, 0.717) is 18.8 Å². The summed E-state index contributed by atoms with van der Waals surface area (Å²) >= 11 is 0. The predicted octanol–water partition coefficient (Wildman–Crippen LogP) is 1.64. The minimum absolute atomic E-state index is 0.0696. The van der Waals surface area contributed by atoms with E-state index in [1.165, 1.54) is 0 Å². The van der Waals surface area contributed by atoms with Gasteiger partial charge in [-0.25, -0.2) is 0 Å². The lowest BCUT2D eigenvalue weighted by Gasteiger charge is -2.12. The fourth-order valence-electron chi connectivity index (χ4n) is 1.88. The van der Waals surface area contributed by atoms with Crippen LogP contribution in [-0.2, 0) is 6.54 Å². The normalized spacial score (nSPS) is 13.3. The number of fused-ring (bicyclic) bond motifs is 1. The number of nitrogen functional groups attached to an aromatic ring is 1.